The molecule has 0 atom stereocenters. The van der Waals surface area contributed by atoms with Crippen molar-refractivity contribution in [3.05, 3.63) is 18.2 Å². The molecule has 3 heteroatoms. The first-order chi connectivity index (χ1) is 7.90. The van der Waals surface area contributed by atoms with Crippen LogP contribution < -0.4 is 14.2 Å². The summed E-state index contributed by atoms with van der Waals surface area (Å²) in [5.41, 5.74) is 0. The van der Waals surface area contributed by atoms with Crippen LogP contribution in [0.3, 0.4) is 0 Å². The Labute approximate surface area is 95.3 Å². The van der Waals surface area contributed by atoms with Gasteiger partial charge in [0.15, 0.2) is 11.5 Å². The minimum Gasteiger partial charge on any atom is -0.493 e. The second kappa shape index (κ2) is 5.32. The molecule has 3 nitrogen and oxygen atoms in total. The minimum atomic E-state index is 0.293. The molecule has 1 aliphatic heterocycles. The van der Waals surface area contributed by atoms with Crippen LogP contribution in [-0.2, 0) is 0 Å². The van der Waals surface area contributed by atoms with Crippen molar-refractivity contribution in [2.75, 3.05) is 13.4 Å². The molecule has 1 aromatic carbocycles. The van der Waals surface area contributed by atoms with Crippen molar-refractivity contribution in [3.63, 3.8) is 0 Å². The SMILES string of the molecule is C#CCCCCOc1ccc2c(c1)OCO2. The normalized spacial score (nSPS) is 12.2. The second-order valence-electron chi connectivity index (χ2n) is 3.52. The molecule has 2 rings (SSSR count). The van der Waals surface area contributed by atoms with Crippen molar-refractivity contribution in [3.8, 4) is 29.6 Å². The van der Waals surface area contributed by atoms with Gasteiger partial charge in [0, 0.05) is 12.5 Å². The van der Waals surface area contributed by atoms with Gasteiger partial charge in [0.1, 0.15) is 5.75 Å². The highest BCUT2D eigenvalue weighted by Gasteiger charge is 2.13. The van der Waals surface area contributed by atoms with Crippen LogP contribution in [0.1, 0.15) is 19.3 Å². The van der Waals surface area contributed by atoms with Crippen molar-refractivity contribution < 1.29 is 14.2 Å². The highest BCUT2D eigenvalue weighted by molar-refractivity contribution is 5.46. The summed E-state index contributed by atoms with van der Waals surface area (Å²) >= 11 is 0. The fourth-order valence-electron chi connectivity index (χ4n) is 1.49. The Kier molecular flexibility index (Phi) is 3.55. The van der Waals surface area contributed by atoms with Gasteiger partial charge in [-0.25, -0.2) is 0 Å². The van der Waals surface area contributed by atoms with Gasteiger partial charge in [-0.2, -0.15) is 0 Å². The van der Waals surface area contributed by atoms with Crippen LogP contribution in [0.25, 0.3) is 0 Å². The number of terminal acetylenes is 1. The first-order valence-electron chi connectivity index (χ1n) is 5.36. The second-order valence-corrected chi connectivity index (χ2v) is 3.52. The summed E-state index contributed by atoms with van der Waals surface area (Å²) in [7, 11) is 0. The van der Waals surface area contributed by atoms with E-state index < -0.39 is 0 Å². The zero-order chi connectivity index (χ0) is 11.2. The number of rotatable bonds is 5. The molecule has 84 valence electrons. The van der Waals surface area contributed by atoms with E-state index in [1.165, 1.54) is 0 Å². The Balaban J connectivity index is 1.80. The standard InChI is InChI=1S/C13H14O3/c1-2-3-4-5-8-14-11-6-7-12-13(9-11)16-10-15-12/h1,6-7,9H,3-5,8,10H2. The lowest BCUT2D eigenvalue weighted by molar-refractivity contribution is 0.173. The lowest BCUT2D eigenvalue weighted by Gasteiger charge is -2.05. The maximum atomic E-state index is 5.57. The van der Waals surface area contributed by atoms with Gasteiger partial charge >= 0.3 is 0 Å². The lowest BCUT2D eigenvalue weighted by atomic mass is 10.2. The van der Waals surface area contributed by atoms with Gasteiger partial charge in [0.05, 0.1) is 6.61 Å². The van der Waals surface area contributed by atoms with Crippen LogP contribution in [0.2, 0.25) is 0 Å². The average molecular weight is 218 g/mol. The Hall–Kier alpha value is -1.82. The fourth-order valence-corrected chi connectivity index (χ4v) is 1.49. The largest absolute Gasteiger partial charge is 0.493 e. The van der Waals surface area contributed by atoms with E-state index in [1.807, 2.05) is 18.2 Å². The predicted octanol–water partition coefficient (Wildman–Crippen LogP) is 2.60. The first-order valence-corrected chi connectivity index (χ1v) is 5.36. The number of ether oxygens (including phenoxy) is 3. The van der Waals surface area contributed by atoms with Crippen LogP contribution in [0, 0.1) is 12.3 Å². The third-order valence-corrected chi connectivity index (χ3v) is 2.33. The maximum absolute atomic E-state index is 5.57. The molecule has 0 fully saturated rings. The summed E-state index contributed by atoms with van der Waals surface area (Å²) in [6, 6.07) is 5.59. The van der Waals surface area contributed by atoms with Crippen molar-refractivity contribution >= 4 is 0 Å². The summed E-state index contributed by atoms with van der Waals surface area (Å²) in [6.07, 6.45) is 7.94. The van der Waals surface area contributed by atoms with Crippen molar-refractivity contribution in [1.29, 1.82) is 0 Å². The van der Waals surface area contributed by atoms with Crippen LogP contribution in [0.4, 0.5) is 0 Å². The molecule has 0 N–H and O–H groups in total. The van der Waals surface area contributed by atoms with E-state index in [0.29, 0.717) is 13.4 Å². The number of fused-ring (bicyclic) bond motifs is 1. The monoisotopic (exact) mass is 218 g/mol. The van der Waals surface area contributed by atoms with E-state index in [-0.39, 0.29) is 0 Å². The summed E-state index contributed by atoms with van der Waals surface area (Å²) in [5.74, 6) is 4.95. The highest BCUT2D eigenvalue weighted by atomic mass is 16.7. The first kappa shape index (κ1) is 10.7. The topological polar surface area (TPSA) is 27.7 Å². The quantitative estimate of drug-likeness (QED) is 0.561. The molecule has 1 heterocycles. The molecule has 0 bridgehead atoms. The molecular formula is C13H14O3. The number of benzene rings is 1. The Morgan fingerprint density at radius 1 is 1.25 bits per heavy atom. The summed E-state index contributed by atoms with van der Waals surface area (Å²) < 4.78 is 16.0. The van der Waals surface area contributed by atoms with Crippen molar-refractivity contribution in [1.82, 2.24) is 0 Å². The van der Waals surface area contributed by atoms with Gasteiger partial charge in [-0.05, 0) is 25.0 Å². The lowest BCUT2D eigenvalue weighted by Crippen LogP contribution is -1.96. The maximum Gasteiger partial charge on any atom is 0.231 e. The van der Waals surface area contributed by atoms with E-state index in [9.17, 15) is 0 Å². The number of hydrogen-bond donors (Lipinski definition) is 0. The Morgan fingerprint density at radius 2 is 2.12 bits per heavy atom. The van der Waals surface area contributed by atoms with Crippen LogP contribution in [0.15, 0.2) is 18.2 Å². The molecule has 0 saturated heterocycles. The van der Waals surface area contributed by atoms with Crippen LogP contribution >= 0.6 is 0 Å². The Morgan fingerprint density at radius 3 is 3.00 bits per heavy atom. The minimum absolute atomic E-state index is 0.293. The number of unbranched alkanes of at least 4 members (excludes halogenated alkanes) is 2. The van der Waals surface area contributed by atoms with Gasteiger partial charge in [-0.15, -0.1) is 12.3 Å². The molecular weight excluding hydrogens is 204 g/mol. The van der Waals surface area contributed by atoms with Gasteiger partial charge in [-0.3, -0.25) is 0 Å². The molecule has 0 radical (unpaired) electrons. The predicted molar refractivity (Wildman–Crippen MR) is 60.7 cm³/mol. The van der Waals surface area contributed by atoms with E-state index in [2.05, 4.69) is 5.92 Å². The van der Waals surface area contributed by atoms with E-state index >= 15 is 0 Å². The summed E-state index contributed by atoms with van der Waals surface area (Å²) in [5, 5.41) is 0. The molecule has 0 unspecified atom stereocenters. The van der Waals surface area contributed by atoms with E-state index in [0.717, 1.165) is 36.5 Å². The van der Waals surface area contributed by atoms with Gasteiger partial charge in [-0.1, -0.05) is 0 Å². The smallest absolute Gasteiger partial charge is 0.231 e. The Bertz CT molecular complexity index is 393. The molecule has 0 aromatic heterocycles. The molecule has 0 saturated carbocycles. The van der Waals surface area contributed by atoms with Gasteiger partial charge in [0.2, 0.25) is 6.79 Å². The molecule has 0 aliphatic carbocycles. The molecule has 0 amide bonds. The average Bonchev–Trinajstić information content (AvgIpc) is 2.76. The van der Waals surface area contributed by atoms with E-state index in [4.69, 9.17) is 20.6 Å². The van der Waals surface area contributed by atoms with Gasteiger partial charge < -0.3 is 14.2 Å². The van der Waals surface area contributed by atoms with Crippen LogP contribution in [-0.4, -0.2) is 13.4 Å². The number of hydrogen-bond acceptors (Lipinski definition) is 3. The molecule has 0 spiro atoms. The molecule has 1 aliphatic rings. The summed E-state index contributed by atoms with van der Waals surface area (Å²) in [4.78, 5) is 0. The highest BCUT2D eigenvalue weighted by Crippen LogP contribution is 2.35. The van der Waals surface area contributed by atoms with Gasteiger partial charge in [0.25, 0.3) is 0 Å². The zero-order valence-electron chi connectivity index (χ0n) is 9.07. The third kappa shape index (κ3) is 2.60. The molecule has 1 aromatic rings. The van der Waals surface area contributed by atoms with Crippen molar-refractivity contribution in [2.24, 2.45) is 0 Å². The molecule has 16 heavy (non-hydrogen) atoms. The van der Waals surface area contributed by atoms with E-state index in [1.54, 1.807) is 0 Å². The van der Waals surface area contributed by atoms with Crippen molar-refractivity contribution in [2.45, 2.75) is 19.3 Å². The fraction of sp³-hybridized carbons (Fsp3) is 0.385. The zero-order valence-corrected chi connectivity index (χ0v) is 9.07. The van der Waals surface area contributed by atoms with Crippen LogP contribution in [0.5, 0.6) is 17.2 Å². The summed E-state index contributed by atoms with van der Waals surface area (Å²) in [6.45, 7) is 0.974. The third-order valence-electron chi connectivity index (χ3n) is 2.33.